The molecule has 2 rings (SSSR count). The lowest BCUT2D eigenvalue weighted by atomic mass is 9.91. The highest BCUT2D eigenvalue weighted by Crippen LogP contribution is 2.23. The van der Waals surface area contributed by atoms with Crippen LogP contribution in [0.2, 0.25) is 0 Å². The van der Waals surface area contributed by atoms with Crippen molar-refractivity contribution in [3.63, 3.8) is 0 Å². The van der Waals surface area contributed by atoms with Gasteiger partial charge in [-0.15, -0.1) is 0 Å². The van der Waals surface area contributed by atoms with E-state index in [4.69, 9.17) is 15.7 Å². The lowest BCUT2D eigenvalue weighted by molar-refractivity contribution is 0.413. The fourth-order valence-corrected chi connectivity index (χ4v) is 2.23. The van der Waals surface area contributed by atoms with E-state index in [1.54, 1.807) is 7.11 Å². The maximum Gasteiger partial charge on any atom is 0.119 e. The van der Waals surface area contributed by atoms with Crippen LogP contribution in [0.5, 0.6) is 5.75 Å². The second-order valence-electron chi connectivity index (χ2n) is 4.72. The van der Waals surface area contributed by atoms with Crippen LogP contribution in [-0.4, -0.2) is 13.7 Å². The van der Waals surface area contributed by atoms with Crippen LogP contribution < -0.4 is 10.5 Å². The molecule has 0 saturated carbocycles. The Labute approximate surface area is 119 Å². The Kier molecular flexibility index (Phi) is 4.75. The van der Waals surface area contributed by atoms with Crippen LogP contribution in [0, 0.1) is 11.3 Å². The molecule has 0 aliphatic carbocycles. The summed E-state index contributed by atoms with van der Waals surface area (Å²) < 4.78 is 5.25. The standard InChI is InChI=1S/C17H18N2O/c1-20-17-4-2-3-15(10-17)16(12-19)9-13-5-7-14(11-18)8-6-13/h2-8,10,16H,9,12,19H2,1H3. The van der Waals surface area contributed by atoms with Gasteiger partial charge in [-0.1, -0.05) is 24.3 Å². The molecule has 2 N–H and O–H groups in total. The maximum atomic E-state index is 8.81. The Morgan fingerprint density at radius 2 is 1.95 bits per heavy atom. The second kappa shape index (κ2) is 6.74. The summed E-state index contributed by atoms with van der Waals surface area (Å²) in [5, 5.41) is 8.81. The third-order valence-electron chi connectivity index (χ3n) is 3.41. The molecular weight excluding hydrogens is 248 g/mol. The molecule has 3 nitrogen and oxygen atoms in total. The van der Waals surface area contributed by atoms with Crippen molar-refractivity contribution in [2.24, 2.45) is 5.73 Å². The number of hydrogen-bond donors (Lipinski definition) is 1. The van der Waals surface area contributed by atoms with Crippen molar-refractivity contribution in [2.75, 3.05) is 13.7 Å². The molecule has 0 spiro atoms. The molecule has 20 heavy (non-hydrogen) atoms. The Balaban J connectivity index is 2.17. The van der Waals surface area contributed by atoms with Gasteiger partial charge in [0.25, 0.3) is 0 Å². The summed E-state index contributed by atoms with van der Waals surface area (Å²) in [4.78, 5) is 0. The Hall–Kier alpha value is -2.31. The third kappa shape index (κ3) is 3.37. The van der Waals surface area contributed by atoms with Crippen LogP contribution >= 0.6 is 0 Å². The Morgan fingerprint density at radius 1 is 1.20 bits per heavy atom. The molecule has 0 radical (unpaired) electrons. The molecule has 2 aromatic carbocycles. The lowest BCUT2D eigenvalue weighted by Gasteiger charge is -2.16. The predicted octanol–water partition coefficient (Wildman–Crippen LogP) is 2.85. The number of benzene rings is 2. The highest BCUT2D eigenvalue weighted by atomic mass is 16.5. The molecule has 0 aliphatic rings. The van der Waals surface area contributed by atoms with Crippen molar-refractivity contribution in [1.82, 2.24) is 0 Å². The molecule has 3 heteroatoms. The van der Waals surface area contributed by atoms with Crippen molar-refractivity contribution >= 4 is 0 Å². The summed E-state index contributed by atoms with van der Waals surface area (Å²) in [6, 6.07) is 17.8. The smallest absolute Gasteiger partial charge is 0.119 e. The van der Waals surface area contributed by atoms with Crippen LogP contribution in [0.25, 0.3) is 0 Å². The highest BCUT2D eigenvalue weighted by Gasteiger charge is 2.11. The van der Waals surface area contributed by atoms with E-state index in [2.05, 4.69) is 12.1 Å². The van der Waals surface area contributed by atoms with Crippen molar-refractivity contribution < 1.29 is 4.74 Å². The van der Waals surface area contributed by atoms with Gasteiger partial charge in [0.15, 0.2) is 0 Å². The molecule has 0 fully saturated rings. The van der Waals surface area contributed by atoms with Gasteiger partial charge in [-0.3, -0.25) is 0 Å². The van der Waals surface area contributed by atoms with Crippen LogP contribution in [-0.2, 0) is 6.42 Å². The lowest BCUT2D eigenvalue weighted by Crippen LogP contribution is -2.15. The SMILES string of the molecule is COc1cccc(C(CN)Cc2ccc(C#N)cc2)c1. The number of nitrogens with zero attached hydrogens (tertiary/aromatic N) is 1. The number of ether oxygens (including phenoxy) is 1. The minimum Gasteiger partial charge on any atom is -0.497 e. The summed E-state index contributed by atoms with van der Waals surface area (Å²) in [6.45, 7) is 0.577. The minimum atomic E-state index is 0.248. The largest absolute Gasteiger partial charge is 0.497 e. The first-order valence-electron chi connectivity index (χ1n) is 6.60. The zero-order valence-corrected chi connectivity index (χ0v) is 11.5. The van der Waals surface area contributed by atoms with Gasteiger partial charge in [-0.2, -0.15) is 5.26 Å². The number of hydrogen-bond acceptors (Lipinski definition) is 3. The highest BCUT2D eigenvalue weighted by molar-refractivity contribution is 5.35. The molecule has 0 aliphatic heterocycles. The Bertz CT molecular complexity index is 599. The van der Waals surface area contributed by atoms with E-state index in [1.807, 2.05) is 42.5 Å². The molecule has 2 aromatic rings. The summed E-state index contributed by atoms with van der Waals surface area (Å²) in [6.07, 6.45) is 0.857. The first kappa shape index (κ1) is 14.1. The van der Waals surface area contributed by atoms with Gasteiger partial charge >= 0.3 is 0 Å². The van der Waals surface area contributed by atoms with E-state index >= 15 is 0 Å². The maximum absolute atomic E-state index is 8.81. The van der Waals surface area contributed by atoms with E-state index in [0.717, 1.165) is 12.2 Å². The van der Waals surface area contributed by atoms with E-state index in [1.165, 1.54) is 11.1 Å². The van der Waals surface area contributed by atoms with Crippen LogP contribution in [0.1, 0.15) is 22.6 Å². The van der Waals surface area contributed by atoms with Crippen molar-refractivity contribution in [1.29, 1.82) is 5.26 Å². The number of rotatable bonds is 5. The van der Waals surface area contributed by atoms with Crippen molar-refractivity contribution in [3.8, 4) is 11.8 Å². The summed E-state index contributed by atoms with van der Waals surface area (Å²) in [5.74, 6) is 1.10. The van der Waals surface area contributed by atoms with E-state index in [9.17, 15) is 0 Å². The molecular formula is C17H18N2O. The third-order valence-corrected chi connectivity index (χ3v) is 3.41. The molecule has 1 atom stereocenters. The van der Waals surface area contributed by atoms with Crippen molar-refractivity contribution in [3.05, 3.63) is 65.2 Å². The quantitative estimate of drug-likeness (QED) is 0.905. The molecule has 102 valence electrons. The van der Waals surface area contributed by atoms with E-state index < -0.39 is 0 Å². The molecule has 0 heterocycles. The number of nitriles is 1. The average molecular weight is 266 g/mol. The number of nitrogens with two attached hydrogens (primary N) is 1. The topological polar surface area (TPSA) is 59.0 Å². The molecule has 1 unspecified atom stereocenters. The Morgan fingerprint density at radius 3 is 2.55 bits per heavy atom. The van der Waals surface area contributed by atoms with E-state index in [-0.39, 0.29) is 5.92 Å². The monoisotopic (exact) mass is 266 g/mol. The first-order valence-corrected chi connectivity index (χ1v) is 6.60. The summed E-state index contributed by atoms with van der Waals surface area (Å²) >= 11 is 0. The second-order valence-corrected chi connectivity index (χ2v) is 4.72. The van der Waals surface area contributed by atoms with Crippen molar-refractivity contribution in [2.45, 2.75) is 12.3 Å². The van der Waals surface area contributed by atoms with Gasteiger partial charge < -0.3 is 10.5 Å². The average Bonchev–Trinajstić information content (AvgIpc) is 2.53. The van der Waals surface area contributed by atoms with Gasteiger partial charge in [0.05, 0.1) is 18.7 Å². The molecule has 0 amide bonds. The first-order chi connectivity index (χ1) is 9.76. The van der Waals surface area contributed by atoms with E-state index in [0.29, 0.717) is 12.1 Å². The van der Waals surface area contributed by atoms with Gasteiger partial charge in [0.2, 0.25) is 0 Å². The fourth-order valence-electron chi connectivity index (χ4n) is 2.23. The van der Waals surface area contributed by atoms with Gasteiger partial charge in [0.1, 0.15) is 5.75 Å². The van der Waals surface area contributed by atoms with Gasteiger partial charge in [0, 0.05) is 5.92 Å². The van der Waals surface area contributed by atoms with Crippen LogP contribution in [0.3, 0.4) is 0 Å². The van der Waals surface area contributed by atoms with Crippen LogP contribution in [0.4, 0.5) is 0 Å². The molecule has 0 saturated heterocycles. The predicted molar refractivity (Wildman–Crippen MR) is 79.7 cm³/mol. The molecule has 0 aromatic heterocycles. The fraction of sp³-hybridized carbons (Fsp3) is 0.235. The summed E-state index contributed by atoms with van der Waals surface area (Å²) in [5.41, 5.74) is 8.95. The normalized spacial score (nSPS) is 11.7. The summed E-state index contributed by atoms with van der Waals surface area (Å²) in [7, 11) is 1.66. The van der Waals surface area contributed by atoms with Gasteiger partial charge in [-0.25, -0.2) is 0 Å². The number of methoxy groups -OCH3 is 1. The van der Waals surface area contributed by atoms with Gasteiger partial charge in [-0.05, 0) is 48.4 Å². The van der Waals surface area contributed by atoms with Crippen LogP contribution in [0.15, 0.2) is 48.5 Å². The zero-order valence-electron chi connectivity index (χ0n) is 11.5. The molecule has 0 bridgehead atoms. The zero-order chi connectivity index (χ0) is 14.4. The minimum absolute atomic E-state index is 0.248.